The van der Waals surface area contributed by atoms with Gasteiger partial charge in [0.1, 0.15) is 19.0 Å². The van der Waals surface area contributed by atoms with Gasteiger partial charge < -0.3 is 23.5 Å². The number of thiazole rings is 1. The molecule has 0 saturated heterocycles. The Morgan fingerprint density at radius 3 is 2.52 bits per heavy atom. The zero-order valence-electron chi connectivity index (χ0n) is 17.3. The number of benzene rings is 2. The standard InChI is InChI=1S/C22H22N2O6S/c1-3-28-15-6-4-14(5-7-15)21(26)23-22-24(9-8-20(25)27-2)16-12-17-18(13-19(16)31-22)30-11-10-29-17/h4-7,12-13H,3,8-11H2,1-2H3. The lowest BCUT2D eigenvalue weighted by atomic mass is 10.2. The molecule has 0 aliphatic carbocycles. The zero-order valence-corrected chi connectivity index (χ0v) is 18.1. The number of methoxy groups -OCH3 is 1. The first-order chi connectivity index (χ1) is 15.1. The van der Waals surface area contributed by atoms with Crippen molar-refractivity contribution >= 4 is 33.4 Å². The van der Waals surface area contributed by atoms with E-state index < -0.39 is 0 Å². The van der Waals surface area contributed by atoms with Crippen molar-refractivity contribution < 1.29 is 28.5 Å². The summed E-state index contributed by atoms with van der Waals surface area (Å²) in [4.78, 5) is 29.4. The minimum Gasteiger partial charge on any atom is -0.494 e. The lowest BCUT2D eigenvalue weighted by Crippen LogP contribution is -2.19. The molecule has 1 aliphatic rings. The Morgan fingerprint density at radius 2 is 1.84 bits per heavy atom. The molecule has 4 rings (SSSR count). The highest BCUT2D eigenvalue weighted by atomic mass is 32.1. The van der Waals surface area contributed by atoms with E-state index in [1.165, 1.54) is 18.4 Å². The van der Waals surface area contributed by atoms with Crippen LogP contribution in [0, 0.1) is 0 Å². The van der Waals surface area contributed by atoms with Gasteiger partial charge >= 0.3 is 5.97 Å². The second kappa shape index (κ2) is 9.22. The van der Waals surface area contributed by atoms with Gasteiger partial charge in [0, 0.05) is 24.2 Å². The molecule has 31 heavy (non-hydrogen) atoms. The Bertz CT molecular complexity index is 1180. The largest absolute Gasteiger partial charge is 0.494 e. The molecule has 0 saturated carbocycles. The fourth-order valence-electron chi connectivity index (χ4n) is 3.22. The predicted molar refractivity (Wildman–Crippen MR) is 115 cm³/mol. The van der Waals surface area contributed by atoms with Gasteiger partial charge in [-0.2, -0.15) is 4.99 Å². The molecule has 0 N–H and O–H groups in total. The van der Waals surface area contributed by atoms with Crippen molar-refractivity contribution in [3.8, 4) is 17.2 Å². The smallest absolute Gasteiger partial charge is 0.307 e. The lowest BCUT2D eigenvalue weighted by molar-refractivity contribution is -0.140. The summed E-state index contributed by atoms with van der Waals surface area (Å²) in [5.74, 6) is 1.27. The van der Waals surface area contributed by atoms with Crippen LogP contribution in [-0.4, -0.2) is 43.4 Å². The summed E-state index contributed by atoms with van der Waals surface area (Å²) in [6, 6.07) is 10.6. The minimum atomic E-state index is -0.376. The summed E-state index contributed by atoms with van der Waals surface area (Å²) in [6.45, 7) is 3.73. The van der Waals surface area contributed by atoms with Crippen molar-refractivity contribution in [3.05, 3.63) is 46.8 Å². The van der Waals surface area contributed by atoms with Gasteiger partial charge in [-0.25, -0.2) is 0 Å². The van der Waals surface area contributed by atoms with Crippen molar-refractivity contribution in [3.63, 3.8) is 0 Å². The number of hydrogen-bond donors (Lipinski definition) is 0. The second-order valence-electron chi connectivity index (χ2n) is 6.70. The Labute approximate surface area is 182 Å². The van der Waals surface area contributed by atoms with Gasteiger partial charge in [-0.15, -0.1) is 0 Å². The van der Waals surface area contributed by atoms with Crippen molar-refractivity contribution in [1.29, 1.82) is 0 Å². The van der Waals surface area contributed by atoms with Crippen LogP contribution >= 0.6 is 11.3 Å². The van der Waals surface area contributed by atoms with Crippen LogP contribution in [0.15, 0.2) is 41.4 Å². The zero-order chi connectivity index (χ0) is 21.8. The molecule has 1 amide bonds. The number of ether oxygens (including phenoxy) is 4. The number of aryl methyl sites for hydroxylation is 1. The third kappa shape index (κ3) is 4.56. The highest BCUT2D eigenvalue weighted by molar-refractivity contribution is 7.16. The molecule has 2 aromatic carbocycles. The number of fused-ring (bicyclic) bond motifs is 2. The SMILES string of the molecule is CCOc1ccc(C(=O)N=c2sc3cc4c(cc3n2CCC(=O)OC)OCCO4)cc1. The maximum Gasteiger partial charge on any atom is 0.307 e. The topological polar surface area (TPSA) is 88.4 Å². The first-order valence-electron chi connectivity index (χ1n) is 9.90. The van der Waals surface area contributed by atoms with Crippen molar-refractivity contribution in [1.82, 2.24) is 4.57 Å². The lowest BCUT2D eigenvalue weighted by Gasteiger charge is -2.18. The second-order valence-corrected chi connectivity index (χ2v) is 7.71. The van der Waals surface area contributed by atoms with Crippen LogP contribution in [0.25, 0.3) is 10.2 Å². The quantitative estimate of drug-likeness (QED) is 0.545. The maximum atomic E-state index is 12.8. The van der Waals surface area contributed by atoms with Gasteiger partial charge in [0.15, 0.2) is 16.3 Å². The highest BCUT2D eigenvalue weighted by Crippen LogP contribution is 2.35. The normalized spacial score (nSPS) is 13.3. The fourth-order valence-corrected chi connectivity index (χ4v) is 4.29. The number of rotatable bonds is 6. The van der Waals surface area contributed by atoms with Gasteiger partial charge in [0.2, 0.25) is 0 Å². The first kappa shape index (κ1) is 20.9. The maximum absolute atomic E-state index is 12.8. The molecule has 0 atom stereocenters. The number of carbonyl (C=O) groups is 2. The van der Waals surface area contributed by atoms with E-state index in [0.717, 1.165) is 10.2 Å². The Morgan fingerprint density at radius 1 is 1.13 bits per heavy atom. The van der Waals surface area contributed by atoms with E-state index in [2.05, 4.69) is 4.99 Å². The number of esters is 1. The van der Waals surface area contributed by atoms with Crippen molar-refractivity contribution in [2.45, 2.75) is 19.9 Å². The molecular formula is C22H22N2O6S. The molecule has 0 unspecified atom stereocenters. The first-order valence-corrected chi connectivity index (χ1v) is 10.7. The number of hydrogen-bond acceptors (Lipinski definition) is 7. The van der Waals surface area contributed by atoms with Gasteiger partial charge in [-0.3, -0.25) is 9.59 Å². The molecule has 0 fully saturated rings. The molecule has 1 aromatic heterocycles. The molecule has 8 nitrogen and oxygen atoms in total. The van der Waals surface area contributed by atoms with Crippen molar-refractivity contribution in [2.24, 2.45) is 4.99 Å². The summed E-state index contributed by atoms with van der Waals surface area (Å²) in [6.07, 6.45) is 0.154. The van der Waals surface area contributed by atoms with Crippen LogP contribution in [0.2, 0.25) is 0 Å². The Kier molecular flexibility index (Phi) is 6.22. The highest BCUT2D eigenvalue weighted by Gasteiger charge is 2.17. The Balaban J connectivity index is 1.75. The monoisotopic (exact) mass is 442 g/mol. The van der Waals surface area contributed by atoms with Crippen LogP contribution in [-0.2, 0) is 16.1 Å². The minimum absolute atomic E-state index is 0.154. The summed E-state index contributed by atoms with van der Waals surface area (Å²) in [5, 5.41) is 0. The summed E-state index contributed by atoms with van der Waals surface area (Å²) >= 11 is 1.35. The molecule has 0 spiro atoms. The number of aromatic nitrogens is 1. The average Bonchev–Trinajstić information content (AvgIpc) is 3.12. The third-order valence-corrected chi connectivity index (χ3v) is 5.76. The van der Waals surface area contributed by atoms with E-state index in [-0.39, 0.29) is 18.3 Å². The third-order valence-electron chi connectivity index (χ3n) is 4.72. The molecule has 1 aliphatic heterocycles. The molecule has 0 radical (unpaired) electrons. The molecule has 0 bridgehead atoms. The van der Waals surface area contributed by atoms with Gasteiger partial charge in [-0.1, -0.05) is 11.3 Å². The van der Waals surface area contributed by atoms with Crippen LogP contribution < -0.4 is 19.0 Å². The van der Waals surface area contributed by atoms with Crippen molar-refractivity contribution in [2.75, 3.05) is 26.9 Å². The molecule has 3 aromatic rings. The molecular weight excluding hydrogens is 420 g/mol. The molecule has 2 heterocycles. The van der Waals surface area contributed by atoms with E-state index in [9.17, 15) is 9.59 Å². The van der Waals surface area contributed by atoms with E-state index in [0.29, 0.717) is 54.0 Å². The van der Waals surface area contributed by atoms with Crippen LogP contribution in [0.1, 0.15) is 23.7 Å². The van der Waals surface area contributed by atoms with Crippen LogP contribution in [0.3, 0.4) is 0 Å². The van der Waals surface area contributed by atoms with E-state index in [1.807, 2.05) is 23.6 Å². The summed E-state index contributed by atoms with van der Waals surface area (Å²) < 4.78 is 24.3. The van der Waals surface area contributed by atoms with Gasteiger partial charge in [-0.05, 0) is 31.2 Å². The van der Waals surface area contributed by atoms with E-state index in [1.54, 1.807) is 24.3 Å². The molecule has 162 valence electrons. The number of nitrogens with zero attached hydrogens (tertiary/aromatic N) is 2. The van der Waals surface area contributed by atoms with E-state index in [4.69, 9.17) is 18.9 Å². The molecule has 9 heteroatoms. The number of carbonyl (C=O) groups excluding carboxylic acids is 2. The van der Waals surface area contributed by atoms with Gasteiger partial charge in [0.05, 0.1) is 30.4 Å². The fraction of sp³-hybridized carbons (Fsp3) is 0.318. The summed E-state index contributed by atoms with van der Waals surface area (Å²) in [5.41, 5.74) is 1.27. The Hall–Kier alpha value is -3.33. The predicted octanol–water partition coefficient (Wildman–Crippen LogP) is 3.18. The van der Waals surface area contributed by atoms with Crippen LogP contribution in [0.4, 0.5) is 0 Å². The van der Waals surface area contributed by atoms with Gasteiger partial charge in [0.25, 0.3) is 5.91 Å². The average molecular weight is 442 g/mol. The number of amides is 1. The van der Waals surface area contributed by atoms with Crippen LogP contribution in [0.5, 0.6) is 17.2 Å². The van der Waals surface area contributed by atoms with E-state index >= 15 is 0 Å². The summed E-state index contributed by atoms with van der Waals surface area (Å²) in [7, 11) is 1.35.